The molecule has 0 radical (unpaired) electrons. The lowest BCUT2D eigenvalue weighted by Gasteiger charge is -2.03. The summed E-state index contributed by atoms with van der Waals surface area (Å²) in [4.78, 5) is 3.34. The molecule has 0 fully saturated rings. The van der Waals surface area contributed by atoms with Gasteiger partial charge in [0.15, 0.2) is 0 Å². The van der Waals surface area contributed by atoms with Crippen LogP contribution in [0, 0.1) is 0 Å². The standard InChI is InChI=1S/C16H18N2O2S/c1-19-14-8-4-12(5-9-14)17-16(21-3)18-13-6-10-15(20-2)11-7-13/h4-11H,1-3H3,(H,17,18)/p+1. The van der Waals surface area contributed by atoms with E-state index in [1.807, 2.05) is 54.8 Å². The van der Waals surface area contributed by atoms with E-state index in [1.54, 1.807) is 26.0 Å². The smallest absolute Gasteiger partial charge is 0.313 e. The minimum absolute atomic E-state index is 0.842. The molecule has 5 heteroatoms. The molecule has 21 heavy (non-hydrogen) atoms. The van der Waals surface area contributed by atoms with Gasteiger partial charge in [-0.25, -0.2) is 10.3 Å². The van der Waals surface area contributed by atoms with E-state index in [2.05, 4.69) is 10.3 Å². The highest BCUT2D eigenvalue weighted by atomic mass is 32.2. The summed E-state index contributed by atoms with van der Waals surface area (Å²) >= 11 is 1.61. The molecule has 0 aliphatic carbocycles. The Morgan fingerprint density at radius 3 is 1.90 bits per heavy atom. The Hall–Kier alpha value is -2.14. The van der Waals surface area contributed by atoms with Crippen molar-refractivity contribution in [2.45, 2.75) is 0 Å². The summed E-state index contributed by atoms with van der Waals surface area (Å²) in [5.41, 5.74) is 2.00. The van der Waals surface area contributed by atoms with Gasteiger partial charge in [-0.1, -0.05) is 0 Å². The van der Waals surface area contributed by atoms with Crippen LogP contribution in [0.5, 0.6) is 11.5 Å². The molecule has 2 aromatic carbocycles. The van der Waals surface area contributed by atoms with Gasteiger partial charge in [-0.2, -0.15) is 0 Å². The van der Waals surface area contributed by atoms with E-state index in [1.165, 1.54) is 0 Å². The first kappa shape index (κ1) is 15.3. The normalized spacial score (nSPS) is 11.1. The largest absolute Gasteiger partial charge is 0.497 e. The second kappa shape index (κ2) is 7.59. The monoisotopic (exact) mass is 303 g/mol. The fourth-order valence-corrected chi connectivity index (χ4v) is 2.18. The van der Waals surface area contributed by atoms with E-state index < -0.39 is 0 Å². The van der Waals surface area contributed by atoms with Crippen LogP contribution in [0.1, 0.15) is 0 Å². The van der Waals surface area contributed by atoms with E-state index in [0.29, 0.717) is 0 Å². The number of anilines is 1. The van der Waals surface area contributed by atoms with Crippen molar-refractivity contribution < 1.29 is 14.5 Å². The minimum atomic E-state index is 0.842. The molecule has 0 saturated heterocycles. The first-order valence-electron chi connectivity index (χ1n) is 6.48. The molecule has 4 nitrogen and oxygen atoms in total. The van der Waals surface area contributed by atoms with E-state index in [-0.39, 0.29) is 0 Å². The summed E-state index contributed by atoms with van der Waals surface area (Å²) in [7, 11) is 3.32. The maximum atomic E-state index is 5.15. The molecule has 110 valence electrons. The van der Waals surface area contributed by atoms with Gasteiger partial charge in [0.1, 0.15) is 22.9 Å². The Bertz CT molecular complexity index is 595. The van der Waals surface area contributed by atoms with Gasteiger partial charge in [-0.15, -0.1) is 0 Å². The van der Waals surface area contributed by atoms with Crippen molar-refractivity contribution >= 4 is 28.3 Å². The molecule has 0 amide bonds. The predicted octanol–water partition coefficient (Wildman–Crippen LogP) is 2.25. The van der Waals surface area contributed by atoms with Crippen molar-refractivity contribution in [1.82, 2.24) is 0 Å². The second-order valence-corrected chi connectivity index (χ2v) is 5.06. The first-order valence-corrected chi connectivity index (χ1v) is 7.70. The zero-order valence-corrected chi connectivity index (χ0v) is 13.2. The molecule has 2 rings (SSSR count). The van der Waals surface area contributed by atoms with Crippen LogP contribution in [0.3, 0.4) is 0 Å². The third-order valence-electron chi connectivity index (χ3n) is 2.90. The number of nitrogens with one attached hydrogen (secondary N) is 2. The maximum absolute atomic E-state index is 5.15. The molecule has 0 aromatic heterocycles. The van der Waals surface area contributed by atoms with E-state index >= 15 is 0 Å². The molecular weight excluding hydrogens is 284 g/mol. The van der Waals surface area contributed by atoms with Crippen LogP contribution in [0.15, 0.2) is 48.5 Å². The molecule has 0 heterocycles. The summed E-state index contributed by atoms with van der Waals surface area (Å²) in [5.74, 6) is 1.68. The number of benzene rings is 2. The molecule has 0 atom stereocenters. The molecule has 0 saturated carbocycles. The molecule has 0 aliphatic heterocycles. The Balaban J connectivity index is 2.11. The zero-order valence-electron chi connectivity index (χ0n) is 12.3. The van der Waals surface area contributed by atoms with Crippen LogP contribution in [0.25, 0.3) is 0 Å². The number of ether oxygens (including phenoxy) is 2. The average Bonchev–Trinajstić information content (AvgIpc) is 2.55. The summed E-state index contributed by atoms with van der Waals surface area (Å²) < 4.78 is 10.3. The van der Waals surface area contributed by atoms with Gasteiger partial charge < -0.3 is 9.47 Å². The maximum Gasteiger partial charge on any atom is 0.313 e. The van der Waals surface area contributed by atoms with Crippen LogP contribution in [-0.2, 0) is 0 Å². The molecule has 0 bridgehead atoms. The predicted molar refractivity (Wildman–Crippen MR) is 88.8 cm³/mol. The van der Waals surface area contributed by atoms with Crippen LogP contribution in [0.2, 0.25) is 0 Å². The Morgan fingerprint density at radius 2 is 1.43 bits per heavy atom. The van der Waals surface area contributed by atoms with Crippen molar-refractivity contribution in [3.05, 3.63) is 48.5 Å². The van der Waals surface area contributed by atoms with Gasteiger partial charge in [0.2, 0.25) is 0 Å². The lowest BCUT2D eigenvalue weighted by molar-refractivity contribution is -0.349. The van der Waals surface area contributed by atoms with Gasteiger partial charge in [0.05, 0.1) is 14.2 Å². The average molecular weight is 303 g/mol. The summed E-state index contributed by atoms with van der Waals surface area (Å²) in [6, 6.07) is 15.6. The molecular formula is C16H19N2O2S+. The molecule has 2 aromatic rings. The highest BCUT2D eigenvalue weighted by Crippen LogP contribution is 2.16. The molecule has 0 unspecified atom stereocenters. The number of hydrogen-bond donors (Lipinski definition) is 2. The van der Waals surface area contributed by atoms with Crippen LogP contribution in [-0.4, -0.2) is 25.6 Å². The van der Waals surface area contributed by atoms with Gasteiger partial charge in [0, 0.05) is 0 Å². The topological polar surface area (TPSA) is 44.5 Å². The van der Waals surface area contributed by atoms with E-state index in [0.717, 1.165) is 28.0 Å². The Morgan fingerprint density at radius 1 is 0.905 bits per heavy atom. The van der Waals surface area contributed by atoms with Crippen LogP contribution < -0.4 is 19.8 Å². The highest BCUT2D eigenvalue weighted by Gasteiger charge is 2.07. The van der Waals surface area contributed by atoms with Crippen molar-refractivity contribution in [2.75, 3.05) is 25.8 Å². The summed E-state index contributed by atoms with van der Waals surface area (Å²) in [5, 5.41) is 4.29. The molecule has 2 N–H and O–H groups in total. The number of methoxy groups -OCH3 is 2. The highest BCUT2D eigenvalue weighted by molar-refractivity contribution is 8.13. The lowest BCUT2D eigenvalue weighted by atomic mass is 10.3. The Labute approximate surface area is 129 Å². The van der Waals surface area contributed by atoms with Crippen LogP contribution >= 0.6 is 11.8 Å². The second-order valence-electron chi connectivity index (χ2n) is 4.24. The minimum Gasteiger partial charge on any atom is -0.497 e. The third-order valence-corrected chi connectivity index (χ3v) is 3.51. The third kappa shape index (κ3) is 4.43. The van der Waals surface area contributed by atoms with Crippen molar-refractivity contribution in [3.8, 4) is 11.5 Å². The van der Waals surface area contributed by atoms with Gasteiger partial charge in [0.25, 0.3) is 0 Å². The summed E-state index contributed by atoms with van der Waals surface area (Å²) in [6.45, 7) is 0. The fraction of sp³-hybridized carbons (Fsp3) is 0.188. The fourth-order valence-electron chi connectivity index (χ4n) is 1.74. The number of rotatable bonds is 4. The Kier molecular flexibility index (Phi) is 5.51. The lowest BCUT2D eigenvalue weighted by Crippen LogP contribution is -2.67. The van der Waals surface area contributed by atoms with Gasteiger partial charge >= 0.3 is 5.17 Å². The van der Waals surface area contributed by atoms with Crippen molar-refractivity contribution in [2.24, 2.45) is 0 Å². The number of hydrogen-bond acceptors (Lipinski definition) is 3. The van der Waals surface area contributed by atoms with E-state index in [9.17, 15) is 0 Å². The van der Waals surface area contributed by atoms with Crippen molar-refractivity contribution in [1.29, 1.82) is 0 Å². The number of amidine groups is 1. The first-order chi connectivity index (χ1) is 10.2. The van der Waals surface area contributed by atoms with Gasteiger partial charge in [-0.3, -0.25) is 0 Å². The summed E-state index contributed by atoms with van der Waals surface area (Å²) in [6.07, 6.45) is 2.02. The molecule has 0 spiro atoms. The number of thioether (sulfide) groups is 1. The van der Waals surface area contributed by atoms with Gasteiger partial charge in [-0.05, 0) is 66.5 Å². The quantitative estimate of drug-likeness (QED) is 0.672. The zero-order chi connectivity index (χ0) is 15.1. The van der Waals surface area contributed by atoms with E-state index in [4.69, 9.17) is 9.47 Å². The SMILES string of the molecule is COc1ccc(NC(=[NH+]c2ccc(OC)cc2)SC)cc1. The van der Waals surface area contributed by atoms with Crippen molar-refractivity contribution in [3.63, 3.8) is 0 Å². The molecule has 0 aliphatic rings. The van der Waals surface area contributed by atoms with Crippen LogP contribution in [0.4, 0.5) is 11.4 Å².